The largest absolute Gasteiger partial charge is 0.493 e. The molecule has 0 bridgehead atoms. The number of likely N-dealkylation sites (N-methyl/N-ethyl adjacent to an activating group) is 1. The summed E-state index contributed by atoms with van der Waals surface area (Å²) in [7, 11) is 3.70. The Labute approximate surface area is 216 Å². The van der Waals surface area contributed by atoms with E-state index in [0.717, 1.165) is 47.9 Å². The molecule has 1 atom stereocenters. The summed E-state index contributed by atoms with van der Waals surface area (Å²) in [5.41, 5.74) is 7.72. The Kier molecular flexibility index (Phi) is 8.02. The number of fused-ring (bicyclic) bond motifs is 1. The predicted octanol–water partition coefficient (Wildman–Crippen LogP) is 6.44. The van der Waals surface area contributed by atoms with Crippen molar-refractivity contribution in [2.75, 3.05) is 44.9 Å². The summed E-state index contributed by atoms with van der Waals surface area (Å²) in [4.78, 5) is 6.92. The zero-order valence-corrected chi connectivity index (χ0v) is 21.8. The number of nitrogen functional groups attached to an aromatic ring is 1. The van der Waals surface area contributed by atoms with Gasteiger partial charge >= 0.3 is 6.18 Å². The van der Waals surface area contributed by atoms with Crippen LogP contribution in [0.1, 0.15) is 49.0 Å². The van der Waals surface area contributed by atoms with Gasteiger partial charge in [0.1, 0.15) is 6.61 Å². The van der Waals surface area contributed by atoms with Crippen molar-refractivity contribution >= 4 is 22.3 Å². The van der Waals surface area contributed by atoms with E-state index in [0.29, 0.717) is 29.2 Å². The standard InChI is InChI=1S/C28H35F3N4O2/c1-17-10-24(34-18(2)20-11-21(28(29,30)31)13-22(32)12-20)23-14-27(26(36-4)15-25(23)33-17)37-9-8-35(3)16-19-6-5-7-19/h10-15,18-19H,5-9,16,32H2,1-4H3,(H,33,34). The quantitative estimate of drug-likeness (QED) is 0.302. The number of halogens is 3. The second-order valence-electron chi connectivity index (χ2n) is 9.99. The molecule has 0 spiro atoms. The average molecular weight is 517 g/mol. The molecule has 1 heterocycles. The van der Waals surface area contributed by atoms with Crippen LogP contribution in [0.5, 0.6) is 11.5 Å². The molecule has 1 unspecified atom stereocenters. The number of methoxy groups -OCH3 is 1. The van der Waals surface area contributed by atoms with E-state index in [1.165, 1.54) is 19.3 Å². The van der Waals surface area contributed by atoms with Gasteiger partial charge < -0.3 is 25.4 Å². The van der Waals surface area contributed by atoms with Crippen molar-refractivity contribution in [3.8, 4) is 11.5 Å². The van der Waals surface area contributed by atoms with Crippen molar-refractivity contribution in [1.29, 1.82) is 0 Å². The summed E-state index contributed by atoms with van der Waals surface area (Å²) in [6.07, 6.45) is -0.541. The van der Waals surface area contributed by atoms with Gasteiger partial charge in [0.25, 0.3) is 0 Å². The highest BCUT2D eigenvalue weighted by molar-refractivity contribution is 5.94. The zero-order valence-electron chi connectivity index (χ0n) is 21.8. The minimum Gasteiger partial charge on any atom is -0.493 e. The number of alkyl halides is 3. The summed E-state index contributed by atoms with van der Waals surface area (Å²) < 4.78 is 51.7. The minimum atomic E-state index is -4.47. The van der Waals surface area contributed by atoms with Gasteiger partial charge in [0.15, 0.2) is 11.5 Å². The number of nitrogens with zero attached hydrogens (tertiary/aromatic N) is 2. The van der Waals surface area contributed by atoms with Crippen LogP contribution in [0.15, 0.2) is 36.4 Å². The highest BCUT2D eigenvalue weighted by Gasteiger charge is 2.31. The van der Waals surface area contributed by atoms with Crippen molar-refractivity contribution in [2.45, 2.75) is 45.3 Å². The van der Waals surface area contributed by atoms with Crippen LogP contribution in [0, 0.1) is 12.8 Å². The second-order valence-corrected chi connectivity index (χ2v) is 9.99. The van der Waals surface area contributed by atoms with E-state index in [2.05, 4.69) is 22.2 Å². The molecule has 1 saturated carbocycles. The van der Waals surface area contributed by atoms with E-state index >= 15 is 0 Å². The van der Waals surface area contributed by atoms with Crippen LogP contribution in [0.2, 0.25) is 0 Å². The van der Waals surface area contributed by atoms with E-state index in [1.54, 1.807) is 20.1 Å². The van der Waals surface area contributed by atoms with Crippen LogP contribution < -0.4 is 20.5 Å². The number of rotatable bonds is 10. The molecule has 0 radical (unpaired) electrons. The lowest BCUT2D eigenvalue weighted by atomic mass is 9.85. The third-order valence-electron chi connectivity index (χ3n) is 6.92. The first-order valence-electron chi connectivity index (χ1n) is 12.6. The number of aryl methyl sites for hydroxylation is 1. The fourth-order valence-electron chi connectivity index (χ4n) is 4.68. The van der Waals surface area contributed by atoms with E-state index in [4.69, 9.17) is 15.2 Å². The Morgan fingerprint density at radius 2 is 1.89 bits per heavy atom. The van der Waals surface area contributed by atoms with Gasteiger partial charge in [-0.3, -0.25) is 4.98 Å². The molecule has 4 rings (SSSR count). The number of anilines is 2. The summed E-state index contributed by atoms with van der Waals surface area (Å²) in [6.45, 7) is 6.05. The summed E-state index contributed by atoms with van der Waals surface area (Å²) in [6, 6.07) is 8.76. The molecule has 2 aromatic carbocycles. The Hall–Kier alpha value is -3.20. The van der Waals surface area contributed by atoms with Gasteiger partial charge in [-0.05, 0) is 75.5 Å². The average Bonchev–Trinajstić information content (AvgIpc) is 2.80. The van der Waals surface area contributed by atoms with E-state index in [9.17, 15) is 13.2 Å². The molecule has 3 aromatic rings. The number of hydrogen-bond acceptors (Lipinski definition) is 6. The minimum absolute atomic E-state index is 0.0666. The van der Waals surface area contributed by atoms with Crippen LogP contribution in [0.25, 0.3) is 10.9 Å². The van der Waals surface area contributed by atoms with Crippen LogP contribution in [0.3, 0.4) is 0 Å². The Morgan fingerprint density at radius 3 is 2.54 bits per heavy atom. The van der Waals surface area contributed by atoms with E-state index in [-0.39, 0.29) is 5.69 Å². The molecule has 6 nitrogen and oxygen atoms in total. The normalized spacial score (nSPS) is 15.0. The van der Waals surface area contributed by atoms with Crippen molar-refractivity contribution < 1.29 is 22.6 Å². The number of nitrogens with one attached hydrogen (secondary N) is 1. The second kappa shape index (κ2) is 11.0. The molecule has 1 aromatic heterocycles. The third kappa shape index (κ3) is 6.57. The molecule has 0 amide bonds. The van der Waals surface area contributed by atoms with Crippen LogP contribution in [0.4, 0.5) is 24.5 Å². The number of pyridine rings is 1. The van der Waals surface area contributed by atoms with Crippen molar-refractivity contribution in [3.05, 3.63) is 53.2 Å². The maximum Gasteiger partial charge on any atom is 0.416 e. The Bertz CT molecular complexity index is 1240. The molecule has 0 aliphatic heterocycles. The van der Waals surface area contributed by atoms with Crippen LogP contribution in [-0.2, 0) is 6.18 Å². The van der Waals surface area contributed by atoms with Crippen LogP contribution >= 0.6 is 0 Å². The maximum atomic E-state index is 13.3. The highest BCUT2D eigenvalue weighted by Crippen LogP contribution is 2.38. The molecule has 200 valence electrons. The van der Waals surface area contributed by atoms with Gasteiger partial charge in [0, 0.05) is 47.7 Å². The molecule has 1 fully saturated rings. The fraction of sp³-hybridized carbons (Fsp3) is 0.464. The first-order chi connectivity index (χ1) is 17.5. The Balaban J connectivity index is 1.57. The molecule has 1 aliphatic rings. The molecular weight excluding hydrogens is 481 g/mol. The smallest absolute Gasteiger partial charge is 0.416 e. The van der Waals surface area contributed by atoms with Crippen molar-refractivity contribution in [2.24, 2.45) is 5.92 Å². The predicted molar refractivity (Wildman–Crippen MR) is 141 cm³/mol. The van der Waals surface area contributed by atoms with E-state index in [1.807, 2.05) is 25.1 Å². The zero-order chi connectivity index (χ0) is 26.7. The molecule has 37 heavy (non-hydrogen) atoms. The highest BCUT2D eigenvalue weighted by atomic mass is 19.4. The first-order valence-corrected chi connectivity index (χ1v) is 12.6. The molecule has 3 N–H and O–H groups in total. The lowest BCUT2D eigenvalue weighted by Crippen LogP contribution is -2.32. The van der Waals surface area contributed by atoms with E-state index < -0.39 is 17.8 Å². The van der Waals surface area contributed by atoms with Gasteiger partial charge in [0.05, 0.1) is 18.2 Å². The SMILES string of the molecule is COc1cc2nc(C)cc(NC(C)c3cc(N)cc(C(F)(F)F)c3)c2cc1OCCN(C)CC1CCC1. The third-order valence-corrected chi connectivity index (χ3v) is 6.92. The molecule has 9 heteroatoms. The first kappa shape index (κ1) is 26.9. The van der Waals surface area contributed by atoms with Gasteiger partial charge in [-0.2, -0.15) is 13.2 Å². The summed E-state index contributed by atoms with van der Waals surface area (Å²) in [5, 5.41) is 4.14. The summed E-state index contributed by atoms with van der Waals surface area (Å²) in [5.74, 6) is 1.96. The number of benzene rings is 2. The van der Waals surface area contributed by atoms with Gasteiger partial charge in [0.2, 0.25) is 0 Å². The maximum absolute atomic E-state index is 13.3. The molecule has 0 saturated heterocycles. The Morgan fingerprint density at radius 1 is 1.14 bits per heavy atom. The molecule has 1 aliphatic carbocycles. The topological polar surface area (TPSA) is 72.6 Å². The lowest BCUT2D eigenvalue weighted by molar-refractivity contribution is -0.137. The fourth-order valence-corrected chi connectivity index (χ4v) is 4.68. The van der Waals surface area contributed by atoms with Gasteiger partial charge in [-0.15, -0.1) is 0 Å². The van der Waals surface area contributed by atoms with Crippen molar-refractivity contribution in [3.63, 3.8) is 0 Å². The number of aromatic nitrogens is 1. The van der Waals surface area contributed by atoms with Crippen molar-refractivity contribution in [1.82, 2.24) is 9.88 Å². The van der Waals surface area contributed by atoms with Crippen LogP contribution in [-0.4, -0.2) is 43.7 Å². The monoisotopic (exact) mass is 516 g/mol. The number of hydrogen-bond donors (Lipinski definition) is 2. The number of ether oxygens (including phenoxy) is 2. The number of nitrogens with two attached hydrogens (primary N) is 1. The van der Waals surface area contributed by atoms with Gasteiger partial charge in [-0.1, -0.05) is 6.42 Å². The summed E-state index contributed by atoms with van der Waals surface area (Å²) >= 11 is 0. The van der Waals surface area contributed by atoms with Gasteiger partial charge in [-0.25, -0.2) is 0 Å². The lowest BCUT2D eigenvalue weighted by Gasteiger charge is -2.30. The molecular formula is C28H35F3N4O2.